The van der Waals surface area contributed by atoms with Crippen LogP contribution in [-0.2, 0) is 4.79 Å². The molecule has 0 aliphatic heterocycles. The molecule has 1 heterocycles. The van der Waals surface area contributed by atoms with Crippen LogP contribution in [0.4, 0.5) is 0 Å². The summed E-state index contributed by atoms with van der Waals surface area (Å²) in [6.45, 7) is 3.57. The van der Waals surface area contributed by atoms with E-state index in [0.717, 1.165) is 16.5 Å². The Labute approximate surface area is 169 Å². The Morgan fingerprint density at radius 2 is 1.62 bits per heavy atom. The third-order valence-corrected chi connectivity index (χ3v) is 4.86. The zero-order valence-electron chi connectivity index (χ0n) is 17.1. The largest absolute Gasteiger partial charge is 0.493 e. The van der Waals surface area contributed by atoms with E-state index in [4.69, 9.17) is 14.2 Å². The number of aryl methyl sites for hydroxylation is 1. The second kappa shape index (κ2) is 8.26. The highest BCUT2D eigenvalue weighted by molar-refractivity contribution is 6.45. The van der Waals surface area contributed by atoms with Crippen LogP contribution in [0, 0.1) is 6.92 Å². The van der Waals surface area contributed by atoms with E-state index < -0.39 is 17.7 Å². The van der Waals surface area contributed by atoms with Gasteiger partial charge >= 0.3 is 0 Å². The molecule has 0 fully saturated rings. The van der Waals surface area contributed by atoms with Crippen molar-refractivity contribution in [2.45, 2.75) is 19.9 Å². The number of ketones is 1. The monoisotopic (exact) mass is 396 g/mol. The number of para-hydroxylation sites is 1. The fourth-order valence-corrected chi connectivity index (χ4v) is 3.38. The van der Waals surface area contributed by atoms with Gasteiger partial charge in [0.1, 0.15) is 0 Å². The lowest BCUT2D eigenvalue weighted by Gasteiger charge is -2.18. The molecule has 7 heteroatoms. The molecule has 29 heavy (non-hydrogen) atoms. The third-order valence-electron chi connectivity index (χ3n) is 4.86. The second-order valence-electron chi connectivity index (χ2n) is 6.65. The highest BCUT2D eigenvalue weighted by atomic mass is 16.5. The number of fused-ring (bicyclic) bond motifs is 1. The highest BCUT2D eigenvalue weighted by Gasteiger charge is 2.25. The van der Waals surface area contributed by atoms with Crippen LogP contribution in [0.5, 0.6) is 17.2 Å². The van der Waals surface area contributed by atoms with Gasteiger partial charge < -0.3 is 24.5 Å². The van der Waals surface area contributed by atoms with Crippen molar-refractivity contribution >= 4 is 22.6 Å². The molecule has 0 bridgehead atoms. The molecule has 3 rings (SSSR count). The molecule has 3 aromatic rings. The maximum Gasteiger partial charge on any atom is 0.292 e. The van der Waals surface area contributed by atoms with Gasteiger partial charge in [-0.05, 0) is 37.6 Å². The molecule has 0 saturated heterocycles. The van der Waals surface area contributed by atoms with Crippen molar-refractivity contribution in [2.24, 2.45) is 0 Å². The number of amides is 1. The fourth-order valence-electron chi connectivity index (χ4n) is 3.38. The quantitative estimate of drug-likeness (QED) is 0.471. The number of nitrogens with one attached hydrogen (secondary N) is 2. The van der Waals surface area contributed by atoms with Crippen LogP contribution in [0.15, 0.2) is 36.4 Å². The molecule has 1 unspecified atom stereocenters. The zero-order valence-corrected chi connectivity index (χ0v) is 17.1. The van der Waals surface area contributed by atoms with E-state index in [1.165, 1.54) is 21.3 Å². The van der Waals surface area contributed by atoms with Crippen LogP contribution in [0.2, 0.25) is 0 Å². The topological polar surface area (TPSA) is 89.7 Å². The Kier molecular flexibility index (Phi) is 5.77. The first-order valence-electron chi connectivity index (χ1n) is 9.13. The summed E-state index contributed by atoms with van der Waals surface area (Å²) in [6, 6.07) is 10.4. The van der Waals surface area contributed by atoms with Crippen molar-refractivity contribution in [3.8, 4) is 17.2 Å². The fraction of sp³-hybridized carbons (Fsp3) is 0.273. The number of methoxy groups -OCH3 is 3. The Bertz CT molecular complexity index is 1050. The van der Waals surface area contributed by atoms with Crippen molar-refractivity contribution in [1.82, 2.24) is 10.3 Å². The van der Waals surface area contributed by atoms with Crippen molar-refractivity contribution in [3.05, 3.63) is 53.2 Å². The Balaban J connectivity index is 1.87. The number of aromatic nitrogens is 1. The minimum atomic E-state index is -0.681. The Morgan fingerprint density at radius 1 is 1.00 bits per heavy atom. The molecule has 1 aromatic heterocycles. The van der Waals surface area contributed by atoms with Crippen LogP contribution >= 0.6 is 0 Å². The van der Waals surface area contributed by atoms with E-state index in [0.29, 0.717) is 28.5 Å². The Hall–Kier alpha value is -3.48. The predicted molar refractivity (Wildman–Crippen MR) is 110 cm³/mol. The number of H-pyrrole nitrogens is 1. The number of hydrogen-bond donors (Lipinski definition) is 2. The summed E-state index contributed by atoms with van der Waals surface area (Å²) in [5.74, 6) is 0.143. The number of ether oxygens (including phenoxy) is 3. The van der Waals surface area contributed by atoms with Gasteiger partial charge in [-0.2, -0.15) is 0 Å². The number of aromatic amines is 1. The van der Waals surface area contributed by atoms with Crippen LogP contribution in [0.1, 0.15) is 34.6 Å². The molecular formula is C22H24N2O5. The molecule has 2 N–H and O–H groups in total. The highest BCUT2D eigenvalue weighted by Crippen LogP contribution is 2.39. The van der Waals surface area contributed by atoms with Gasteiger partial charge in [-0.3, -0.25) is 9.59 Å². The lowest BCUT2D eigenvalue weighted by molar-refractivity contribution is -0.117. The molecule has 1 atom stereocenters. The molecule has 152 valence electrons. The standard InChI is InChI=1S/C22H24N2O5/c1-12(14-10-17(27-3)21(29-5)18(11-14)28-4)24-22(26)20(25)19-13(2)23-16-9-7-6-8-15(16)19/h6-12,23H,1-5H3,(H,24,26). The molecule has 0 spiro atoms. The van der Waals surface area contributed by atoms with Gasteiger partial charge in [0.05, 0.1) is 32.9 Å². The predicted octanol–water partition coefficient (Wildman–Crippen LogP) is 3.56. The molecule has 7 nitrogen and oxygen atoms in total. The summed E-state index contributed by atoms with van der Waals surface area (Å²) in [4.78, 5) is 28.7. The van der Waals surface area contributed by atoms with Gasteiger partial charge in [-0.1, -0.05) is 18.2 Å². The van der Waals surface area contributed by atoms with E-state index in [9.17, 15) is 9.59 Å². The molecule has 0 radical (unpaired) electrons. The van der Waals surface area contributed by atoms with Crippen molar-refractivity contribution in [1.29, 1.82) is 0 Å². The van der Waals surface area contributed by atoms with Gasteiger partial charge in [0.15, 0.2) is 11.5 Å². The summed E-state index contributed by atoms with van der Waals surface area (Å²) >= 11 is 0. The van der Waals surface area contributed by atoms with Gasteiger partial charge in [0.25, 0.3) is 11.7 Å². The molecular weight excluding hydrogens is 372 g/mol. The minimum absolute atomic E-state index is 0.384. The van der Waals surface area contributed by atoms with Crippen molar-refractivity contribution < 1.29 is 23.8 Å². The molecule has 0 saturated carbocycles. The number of benzene rings is 2. The number of hydrogen-bond acceptors (Lipinski definition) is 5. The average molecular weight is 396 g/mol. The van der Waals surface area contributed by atoms with Gasteiger partial charge in [-0.15, -0.1) is 0 Å². The normalized spacial score (nSPS) is 11.8. The lowest BCUT2D eigenvalue weighted by atomic mass is 10.0. The summed E-state index contributed by atoms with van der Waals surface area (Å²) in [6.07, 6.45) is 0. The first kappa shape index (κ1) is 20.3. The molecule has 2 aromatic carbocycles. The third kappa shape index (κ3) is 3.76. The molecule has 1 amide bonds. The maximum absolute atomic E-state index is 12.9. The summed E-state index contributed by atoms with van der Waals surface area (Å²) in [5, 5.41) is 3.49. The smallest absolute Gasteiger partial charge is 0.292 e. The Morgan fingerprint density at radius 3 is 2.21 bits per heavy atom. The lowest BCUT2D eigenvalue weighted by Crippen LogP contribution is -2.33. The van der Waals surface area contributed by atoms with Gasteiger partial charge in [0.2, 0.25) is 5.75 Å². The molecule has 0 aliphatic carbocycles. The summed E-state index contributed by atoms with van der Waals surface area (Å²) in [5.41, 5.74) is 2.58. The van der Waals surface area contributed by atoms with E-state index in [1.54, 1.807) is 26.0 Å². The first-order chi connectivity index (χ1) is 13.9. The second-order valence-corrected chi connectivity index (χ2v) is 6.65. The zero-order chi connectivity index (χ0) is 21.1. The number of carbonyl (C=O) groups is 2. The van der Waals surface area contributed by atoms with E-state index in [1.807, 2.05) is 24.3 Å². The van der Waals surface area contributed by atoms with Gasteiger partial charge in [-0.25, -0.2) is 0 Å². The van der Waals surface area contributed by atoms with E-state index in [2.05, 4.69) is 10.3 Å². The van der Waals surface area contributed by atoms with Crippen LogP contribution < -0.4 is 19.5 Å². The van der Waals surface area contributed by atoms with Crippen molar-refractivity contribution in [3.63, 3.8) is 0 Å². The number of Topliss-reactive ketones (excluding diaryl/α,β-unsaturated/α-hetero) is 1. The average Bonchev–Trinajstić information content (AvgIpc) is 3.07. The number of carbonyl (C=O) groups excluding carboxylic acids is 2. The minimum Gasteiger partial charge on any atom is -0.493 e. The maximum atomic E-state index is 12.9. The van der Waals surface area contributed by atoms with Crippen molar-refractivity contribution in [2.75, 3.05) is 21.3 Å². The summed E-state index contributed by atoms with van der Waals surface area (Å²) in [7, 11) is 4.56. The van der Waals surface area contributed by atoms with E-state index in [-0.39, 0.29) is 0 Å². The SMILES string of the molecule is COc1cc(C(C)NC(=O)C(=O)c2c(C)[nH]c3ccccc23)cc(OC)c1OC. The molecule has 0 aliphatic rings. The van der Waals surface area contributed by atoms with Gasteiger partial charge in [0, 0.05) is 16.6 Å². The first-order valence-corrected chi connectivity index (χ1v) is 9.13. The van der Waals surface area contributed by atoms with Crippen LogP contribution in [-0.4, -0.2) is 38.0 Å². The van der Waals surface area contributed by atoms with Crippen LogP contribution in [0.25, 0.3) is 10.9 Å². The summed E-state index contributed by atoms with van der Waals surface area (Å²) < 4.78 is 16.0. The number of rotatable bonds is 7. The van der Waals surface area contributed by atoms with Crippen LogP contribution in [0.3, 0.4) is 0 Å². The van der Waals surface area contributed by atoms with E-state index >= 15 is 0 Å².